The molecule has 0 radical (unpaired) electrons. The van der Waals surface area contributed by atoms with Crippen molar-refractivity contribution in [2.24, 2.45) is 0 Å². The van der Waals surface area contributed by atoms with Crippen molar-refractivity contribution in [1.82, 2.24) is 20.2 Å². The zero-order valence-electron chi connectivity index (χ0n) is 11.4. The van der Waals surface area contributed by atoms with Crippen molar-refractivity contribution in [2.75, 3.05) is 11.1 Å². The summed E-state index contributed by atoms with van der Waals surface area (Å²) in [7, 11) is 0. The van der Waals surface area contributed by atoms with E-state index in [9.17, 15) is 17.6 Å². The van der Waals surface area contributed by atoms with Gasteiger partial charge in [0, 0.05) is 6.54 Å². The number of nitrogen functional groups attached to an aromatic ring is 1. The molecule has 3 aromatic rings. The number of aromatic amines is 1. The first kappa shape index (κ1) is 15.0. The third kappa shape index (κ3) is 3.00. The van der Waals surface area contributed by atoms with Gasteiger partial charge in [0.05, 0.1) is 17.1 Å². The number of hydrogen-bond donors (Lipinski definition) is 3. The van der Waals surface area contributed by atoms with Crippen LogP contribution in [0.1, 0.15) is 11.1 Å². The smallest absolute Gasteiger partial charge is 0.368 e. The molecule has 1 aromatic carbocycles. The Kier molecular flexibility index (Phi) is 3.51. The fourth-order valence-electron chi connectivity index (χ4n) is 2.15. The minimum Gasteiger partial charge on any atom is -0.368 e. The predicted octanol–water partition coefficient (Wildman–Crippen LogP) is 2.71. The molecule has 2 heterocycles. The fraction of sp³-hybridized carbons (Fsp3) is 0.154. The molecule has 0 saturated heterocycles. The van der Waals surface area contributed by atoms with Gasteiger partial charge < -0.3 is 11.1 Å². The van der Waals surface area contributed by atoms with Gasteiger partial charge in [-0.1, -0.05) is 0 Å². The van der Waals surface area contributed by atoms with Gasteiger partial charge in [-0.2, -0.15) is 28.2 Å². The molecule has 0 fully saturated rings. The SMILES string of the molecule is Nc1nc(NCc2cc(F)ccc2C(F)(F)F)c2cn[nH]c2n1. The lowest BCUT2D eigenvalue weighted by molar-refractivity contribution is -0.138. The Morgan fingerprint density at radius 3 is 2.74 bits per heavy atom. The first-order valence-electron chi connectivity index (χ1n) is 6.40. The van der Waals surface area contributed by atoms with E-state index in [-0.39, 0.29) is 23.9 Å². The van der Waals surface area contributed by atoms with Crippen molar-refractivity contribution in [1.29, 1.82) is 0 Å². The molecule has 6 nitrogen and oxygen atoms in total. The fourth-order valence-corrected chi connectivity index (χ4v) is 2.15. The summed E-state index contributed by atoms with van der Waals surface area (Å²) < 4.78 is 52.2. The molecule has 0 aliphatic carbocycles. The maximum atomic E-state index is 13.3. The number of H-pyrrole nitrogens is 1. The van der Waals surface area contributed by atoms with E-state index in [1.54, 1.807) is 0 Å². The summed E-state index contributed by atoms with van der Waals surface area (Å²) >= 11 is 0. The van der Waals surface area contributed by atoms with E-state index in [0.29, 0.717) is 17.1 Å². The van der Waals surface area contributed by atoms with Gasteiger partial charge in [0.2, 0.25) is 5.95 Å². The predicted molar refractivity (Wildman–Crippen MR) is 74.8 cm³/mol. The third-order valence-electron chi connectivity index (χ3n) is 3.15. The lowest BCUT2D eigenvalue weighted by Gasteiger charge is -2.14. The molecule has 2 aromatic heterocycles. The molecule has 0 aliphatic rings. The monoisotopic (exact) mass is 326 g/mol. The number of hydrogen-bond acceptors (Lipinski definition) is 5. The van der Waals surface area contributed by atoms with Crippen molar-refractivity contribution >= 4 is 22.8 Å². The highest BCUT2D eigenvalue weighted by molar-refractivity contribution is 5.86. The van der Waals surface area contributed by atoms with Crippen LogP contribution < -0.4 is 11.1 Å². The van der Waals surface area contributed by atoms with E-state index in [1.165, 1.54) is 6.20 Å². The summed E-state index contributed by atoms with van der Waals surface area (Å²) in [6.07, 6.45) is -3.17. The summed E-state index contributed by atoms with van der Waals surface area (Å²) in [5.74, 6) is -0.622. The second-order valence-electron chi connectivity index (χ2n) is 4.72. The van der Waals surface area contributed by atoms with Crippen molar-refractivity contribution in [3.63, 3.8) is 0 Å². The van der Waals surface area contributed by atoms with Gasteiger partial charge in [0.15, 0.2) is 5.65 Å². The molecule has 0 spiro atoms. The largest absolute Gasteiger partial charge is 0.416 e. The van der Waals surface area contributed by atoms with E-state index in [1.807, 2.05) is 0 Å². The summed E-state index contributed by atoms with van der Waals surface area (Å²) in [6, 6.07) is 2.30. The molecule has 4 N–H and O–H groups in total. The molecule has 3 rings (SSSR count). The number of rotatable bonds is 3. The summed E-state index contributed by atoms with van der Waals surface area (Å²) in [5.41, 5.74) is 4.71. The first-order valence-corrected chi connectivity index (χ1v) is 6.40. The number of nitrogens with one attached hydrogen (secondary N) is 2. The van der Waals surface area contributed by atoms with Crippen molar-refractivity contribution in [3.8, 4) is 0 Å². The topological polar surface area (TPSA) is 92.5 Å². The number of benzene rings is 1. The summed E-state index contributed by atoms with van der Waals surface area (Å²) in [5, 5.41) is 9.52. The van der Waals surface area contributed by atoms with Crippen LogP contribution in [0.2, 0.25) is 0 Å². The Balaban J connectivity index is 1.94. The van der Waals surface area contributed by atoms with E-state index in [2.05, 4.69) is 25.5 Å². The van der Waals surface area contributed by atoms with Crippen LogP contribution in [-0.2, 0) is 12.7 Å². The molecular formula is C13H10F4N6. The number of fused-ring (bicyclic) bond motifs is 1. The minimum absolute atomic E-state index is 0.0699. The number of nitrogens with two attached hydrogens (primary N) is 1. The van der Waals surface area contributed by atoms with Crippen LogP contribution in [0.3, 0.4) is 0 Å². The van der Waals surface area contributed by atoms with E-state index in [4.69, 9.17) is 5.73 Å². The summed E-state index contributed by atoms with van der Waals surface area (Å²) in [4.78, 5) is 7.81. The maximum Gasteiger partial charge on any atom is 0.416 e. The Morgan fingerprint density at radius 1 is 1.22 bits per heavy atom. The van der Waals surface area contributed by atoms with Gasteiger partial charge in [-0.05, 0) is 23.8 Å². The van der Waals surface area contributed by atoms with E-state index < -0.39 is 17.6 Å². The molecule has 0 amide bonds. The van der Waals surface area contributed by atoms with Gasteiger partial charge in [0.1, 0.15) is 11.6 Å². The molecule has 0 saturated carbocycles. The summed E-state index contributed by atoms with van der Waals surface area (Å²) in [6.45, 7) is -0.288. The number of anilines is 2. The molecule has 0 bridgehead atoms. The number of nitrogens with zero attached hydrogens (tertiary/aromatic N) is 3. The standard InChI is InChI=1S/C13H10F4N6/c14-7-1-2-9(13(15,16)17)6(3-7)4-19-10-8-5-20-23-11(8)22-12(18)21-10/h1-3,5H,4H2,(H4,18,19,20,21,22,23). The second-order valence-corrected chi connectivity index (χ2v) is 4.72. The van der Waals surface area contributed by atoms with Gasteiger partial charge in [-0.15, -0.1) is 0 Å². The average molecular weight is 326 g/mol. The normalized spacial score (nSPS) is 11.8. The Bertz CT molecular complexity index is 857. The van der Waals surface area contributed by atoms with Crippen LogP contribution in [0, 0.1) is 5.82 Å². The van der Waals surface area contributed by atoms with Crippen molar-refractivity contribution < 1.29 is 17.6 Å². The molecule has 0 unspecified atom stereocenters. The van der Waals surface area contributed by atoms with Crippen LogP contribution in [-0.4, -0.2) is 20.2 Å². The molecule has 10 heteroatoms. The molecule has 23 heavy (non-hydrogen) atoms. The lowest BCUT2D eigenvalue weighted by atomic mass is 10.1. The van der Waals surface area contributed by atoms with Crippen LogP contribution in [0.15, 0.2) is 24.4 Å². The lowest BCUT2D eigenvalue weighted by Crippen LogP contribution is -2.13. The average Bonchev–Trinajstić information content (AvgIpc) is 2.91. The molecule has 120 valence electrons. The number of halogens is 4. The highest BCUT2D eigenvalue weighted by atomic mass is 19.4. The Labute approximate surface area is 126 Å². The van der Waals surface area contributed by atoms with Crippen LogP contribution in [0.4, 0.5) is 29.3 Å². The van der Waals surface area contributed by atoms with E-state index >= 15 is 0 Å². The van der Waals surface area contributed by atoms with Crippen LogP contribution in [0.5, 0.6) is 0 Å². The molecule has 0 atom stereocenters. The van der Waals surface area contributed by atoms with Gasteiger partial charge in [-0.25, -0.2) is 4.39 Å². The van der Waals surface area contributed by atoms with Crippen molar-refractivity contribution in [2.45, 2.75) is 12.7 Å². The van der Waals surface area contributed by atoms with E-state index in [0.717, 1.165) is 12.1 Å². The minimum atomic E-state index is -4.58. The van der Waals surface area contributed by atoms with Crippen molar-refractivity contribution in [3.05, 3.63) is 41.3 Å². The highest BCUT2D eigenvalue weighted by Crippen LogP contribution is 2.33. The van der Waals surface area contributed by atoms with Crippen LogP contribution in [0.25, 0.3) is 11.0 Å². The highest BCUT2D eigenvalue weighted by Gasteiger charge is 2.33. The van der Waals surface area contributed by atoms with Gasteiger partial charge in [-0.3, -0.25) is 5.10 Å². The van der Waals surface area contributed by atoms with Gasteiger partial charge in [0.25, 0.3) is 0 Å². The second kappa shape index (κ2) is 5.38. The number of alkyl halides is 3. The zero-order valence-corrected chi connectivity index (χ0v) is 11.4. The molecular weight excluding hydrogens is 316 g/mol. The third-order valence-corrected chi connectivity index (χ3v) is 3.15. The first-order chi connectivity index (χ1) is 10.8. The maximum absolute atomic E-state index is 13.3. The number of aromatic nitrogens is 4. The van der Waals surface area contributed by atoms with Crippen LogP contribution >= 0.6 is 0 Å². The zero-order chi connectivity index (χ0) is 16.6. The Hall–Kier alpha value is -2.91. The van der Waals surface area contributed by atoms with Gasteiger partial charge >= 0.3 is 6.18 Å². The quantitative estimate of drug-likeness (QED) is 0.644. The molecule has 0 aliphatic heterocycles. The Morgan fingerprint density at radius 2 is 2.00 bits per heavy atom.